The van der Waals surface area contributed by atoms with Gasteiger partial charge >= 0.3 is 0 Å². The summed E-state index contributed by atoms with van der Waals surface area (Å²) in [6, 6.07) is 0. The third-order valence-corrected chi connectivity index (χ3v) is 2.22. The third kappa shape index (κ3) is 10.7. The molecule has 0 saturated carbocycles. The molecule has 0 rings (SSSR count). The maximum atomic E-state index is 9.10. The van der Waals surface area contributed by atoms with Crippen LogP contribution in [0.2, 0.25) is 0 Å². The summed E-state index contributed by atoms with van der Waals surface area (Å²) in [5.74, 6) is 0. The van der Waals surface area contributed by atoms with Crippen LogP contribution in [0.3, 0.4) is 0 Å². The van der Waals surface area contributed by atoms with Crippen LogP contribution in [0.5, 0.6) is 0 Å². The van der Waals surface area contributed by atoms with E-state index < -0.39 is 0 Å². The number of hydrogen-bond acceptors (Lipinski definition) is 4. The van der Waals surface area contributed by atoms with Crippen molar-refractivity contribution < 1.29 is 19.3 Å². The van der Waals surface area contributed by atoms with Crippen LogP contribution in [0.1, 0.15) is 40.5 Å². The van der Waals surface area contributed by atoms with Gasteiger partial charge in [-0.2, -0.15) is 0 Å². The summed E-state index contributed by atoms with van der Waals surface area (Å²) in [7, 11) is 0. The Bertz CT molecular complexity index is 161. The second-order valence-electron chi connectivity index (χ2n) is 4.56. The first-order chi connectivity index (χ1) is 8.10. The zero-order chi connectivity index (χ0) is 13.1. The van der Waals surface area contributed by atoms with Crippen molar-refractivity contribution in [1.29, 1.82) is 0 Å². The Morgan fingerprint density at radius 1 is 1.12 bits per heavy atom. The zero-order valence-corrected chi connectivity index (χ0v) is 11.6. The highest BCUT2D eigenvalue weighted by Gasteiger charge is 2.10. The van der Waals surface area contributed by atoms with Crippen molar-refractivity contribution in [3.63, 3.8) is 0 Å². The Labute approximate surface area is 105 Å². The first-order valence-corrected chi connectivity index (χ1v) is 6.55. The molecule has 0 spiro atoms. The maximum absolute atomic E-state index is 9.10. The van der Waals surface area contributed by atoms with E-state index in [4.69, 9.17) is 19.3 Å². The summed E-state index contributed by atoms with van der Waals surface area (Å²) >= 11 is 0. The standard InChI is InChI=1S/C13H28O4/c1-5-6-7-16-13(8-14)10-15-9-12(4)17-11(2)3/h11-14H,5-10H2,1-4H3. The molecule has 0 aromatic carbocycles. The second kappa shape index (κ2) is 11.0. The van der Waals surface area contributed by atoms with Gasteiger partial charge in [0.1, 0.15) is 6.10 Å². The molecule has 0 fully saturated rings. The SMILES string of the molecule is CCCCOC(CO)COCC(C)OC(C)C. The number of aliphatic hydroxyl groups excluding tert-OH is 1. The fourth-order valence-electron chi connectivity index (χ4n) is 1.42. The zero-order valence-electron chi connectivity index (χ0n) is 11.6. The molecular weight excluding hydrogens is 220 g/mol. The van der Waals surface area contributed by atoms with Crippen LogP contribution >= 0.6 is 0 Å². The highest BCUT2D eigenvalue weighted by molar-refractivity contribution is 4.56. The van der Waals surface area contributed by atoms with Crippen molar-refractivity contribution in [2.45, 2.75) is 58.8 Å². The lowest BCUT2D eigenvalue weighted by atomic mass is 10.3. The average Bonchev–Trinajstić information content (AvgIpc) is 2.26. The molecule has 4 heteroatoms. The number of ether oxygens (including phenoxy) is 3. The number of unbranched alkanes of at least 4 members (excludes halogenated alkanes) is 1. The Morgan fingerprint density at radius 3 is 2.35 bits per heavy atom. The number of hydrogen-bond donors (Lipinski definition) is 1. The first-order valence-electron chi connectivity index (χ1n) is 6.55. The number of aliphatic hydroxyl groups is 1. The lowest BCUT2D eigenvalue weighted by Gasteiger charge is -2.19. The van der Waals surface area contributed by atoms with E-state index in [0.717, 1.165) is 12.8 Å². The fourth-order valence-corrected chi connectivity index (χ4v) is 1.42. The predicted octanol–water partition coefficient (Wildman–Crippen LogP) is 1.99. The smallest absolute Gasteiger partial charge is 0.104 e. The monoisotopic (exact) mass is 248 g/mol. The summed E-state index contributed by atoms with van der Waals surface area (Å²) in [6.45, 7) is 9.73. The Kier molecular flexibility index (Phi) is 10.9. The largest absolute Gasteiger partial charge is 0.394 e. The van der Waals surface area contributed by atoms with Crippen molar-refractivity contribution in [3.05, 3.63) is 0 Å². The van der Waals surface area contributed by atoms with Crippen molar-refractivity contribution in [1.82, 2.24) is 0 Å². The van der Waals surface area contributed by atoms with Gasteiger partial charge in [-0.3, -0.25) is 0 Å². The minimum atomic E-state index is -0.215. The van der Waals surface area contributed by atoms with E-state index in [1.54, 1.807) is 0 Å². The summed E-state index contributed by atoms with van der Waals surface area (Å²) in [6.07, 6.45) is 2.18. The van der Waals surface area contributed by atoms with Crippen LogP contribution in [0.15, 0.2) is 0 Å². The molecule has 0 aliphatic heterocycles. The number of rotatable bonds is 11. The topological polar surface area (TPSA) is 47.9 Å². The predicted molar refractivity (Wildman–Crippen MR) is 68.2 cm³/mol. The van der Waals surface area contributed by atoms with E-state index in [1.807, 2.05) is 20.8 Å². The van der Waals surface area contributed by atoms with Gasteiger partial charge in [-0.25, -0.2) is 0 Å². The molecule has 17 heavy (non-hydrogen) atoms. The van der Waals surface area contributed by atoms with Crippen LogP contribution in [0, 0.1) is 0 Å². The maximum Gasteiger partial charge on any atom is 0.104 e. The summed E-state index contributed by atoms with van der Waals surface area (Å²) in [4.78, 5) is 0. The van der Waals surface area contributed by atoms with Crippen molar-refractivity contribution in [3.8, 4) is 0 Å². The van der Waals surface area contributed by atoms with E-state index >= 15 is 0 Å². The van der Waals surface area contributed by atoms with Crippen LogP contribution in [-0.4, -0.2) is 49.8 Å². The van der Waals surface area contributed by atoms with Gasteiger partial charge in [-0.1, -0.05) is 13.3 Å². The normalized spacial score (nSPS) is 15.2. The van der Waals surface area contributed by atoms with Gasteiger partial charge in [-0.05, 0) is 27.2 Å². The molecule has 2 atom stereocenters. The van der Waals surface area contributed by atoms with Gasteiger partial charge in [0.25, 0.3) is 0 Å². The molecular formula is C13H28O4. The molecule has 0 aliphatic carbocycles. The molecule has 0 amide bonds. The van der Waals surface area contributed by atoms with Crippen molar-refractivity contribution in [2.75, 3.05) is 26.4 Å². The Hall–Kier alpha value is -0.160. The highest BCUT2D eigenvalue weighted by atomic mass is 16.6. The van der Waals surface area contributed by atoms with E-state index in [9.17, 15) is 0 Å². The third-order valence-electron chi connectivity index (χ3n) is 2.22. The van der Waals surface area contributed by atoms with Crippen LogP contribution in [-0.2, 0) is 14.2 Å². The molecule has 0 saturated heterocycles. The molecule has 104 valence electrons. The van der Waals surface area contributed by atoms with E-state index in [0.29, 0.717) is 19.8 Å². The summed E-state index contributed by atoms with van der Waals surface area (Å²) in [5, 5.41) is 9.10. The van der Waals surface area contributed by atoms with E-state index in [2.05, 4.69) is 6.92 Å². The quantitative estimate of drug-likeness (QED) is 0.568. The van der Waals surface area contributed by atoms with E-state index in [1.165, 1.54) is 0 Å². The Morgan fingerprint density at radius 2 is 1.82 bits per heavy atom. The molecule has 0 aliphatic rings. The summed E-state index contributed by atoms with van der Waals surface area (Å²) in [5.41, 5.74) is 0. The second-order valence-corrected chi connectivity index (χ2v) is 4.56. The molecule has 1 N–H and O–H groups in total. The van der Waals surface area contributed by atoms with Gasteiger partial charge < -0.3 is 19.3 Å². The Balaban J connectivity index is 3.54. The van der Waals surface area contributed by atoms with Crippen molar-refractivity contribution >= 4 is 0 Å². The lowest BCUT2D eigenvalue weighted by Crippen LogP contribution is -2.28. The summed E-state index contributed by atoms with van der Waals surface area (Å²) < 4.78 is 16.5. The van der Waals surface area contributed by atoms with Crippen LogP contribution < -0.4 is 0 Å². The molecule has 0 aromatic rings. The lowest BCUT2D eigenvalue weighted by molar-refractivity contribution is -0.0766. The van der Waals surface area contributed by atoms with Gasteiger partial charge in [0.15, 0.2) is 0 Å². The molecule has 0 radical (unpaired) electrons. The van der Waals surface area contributed by atoms with E-state index in [-0.39, 0.29) is 24.9 Å². The first kappa shape index (κ1) is 16.8. The van der Waals surface area contributed by atoms with Crippen LogP contribution in [0.25, 0.3) is 0 Å². The minimum Gasteiger partial charge on any atom is -0.394 e. The van der Waals surface area contributed by atoms with Crippen LogP contribution in [0.4, 0.5) is 0 Å². The molecule has 4 nitrogen and oxygen atoms in total. The molecule has 0 heterocycles. The van der Waals surface area contributed by atoms with Gasteiger partial charge in [0.2, 0.25) is 0 Å². The fraction of sp³-hybridized carbons (Fsp3) is 1.00. The minimum absolute atomic E-state index is 0.00311. The highest BCUT2D eigenvalue weighted by Crippen LogP contribution is 2.00. The van der Waals surface area contributed by atoms with Gasteiger partial charge in [0, 0.05) is 6.61 Å². The average molecular weight is 248 g/mol. The van der Waals surface area contributed by atoms with Crippen molar-refractivity contribution in [2.24, 2.45) is 0 Å². The molecule has 0 bridgehead atoms. The van der Waals surface area contributed by atoms with Gasteiger partial charge in [-0.15, -0.1) is 0 Å². The molecule has 0 aromatic heterocycles. The van der Waals surface area contributed by atoms with Gasteiger partial charge in [0.05, 0.1) is 32.0 Å². The molecule has 2 unspecified atom stereocenters.